The molecule has 0 atom stereocenters. The quantitative estimate of drug-likeness (QED) is 0.691. The zero-order chi connectivity index (χ0) is 14.1. The maximum absolute atomic E-state index is 10.9. The van der Waals surface area contributed by atoms with E-state index in [1.807, 2.05) is 28.7 Å². The van der Waals surface area contributed by atoms with Crippen molar-refractivity contribution >= 4 is 34.2 Å². The molecule has 2 aromatic heterocycles. The van der Waals surface area contributed by atoms with Gasteiger partial charge >= 0.3 is 0 Å². The second kappa shape index (κ2) is 5.36. The summed E-state index contributed by atoms with van der Waals surface area (Å²) in [5.41, 5.74) is 2.76. The van der Waals surface area contributed by atoms with Crippen LogP contribution in [0.5, 0.6) is 0 Å². The van der Waals surface area contributed by atoms with E-state index in [0.29, 0.717) is 16.5 Å². The van der Waals surface area contributed by atoms with Gasteiger partial charge in [-0.25, -0.2) is 4.98 Å². The molecular formula is C14H11ClN2O2S. The Kier molecular flexibility index (Phi) is 3.56. The lowest BCUT2D eigenvalue weighted by Crippen LogP contribution is -1.95. The minimum Gasteiger partial charge on any atom is -0.378 e. The first kappa shape index (κ1) is 13.3. The van der Waals surface area contributed by atoms with Gasteiger partial charge in [0, 0.05) is 23.9 Å². The molecule has 2 heterocycles. The molecule has 0 spiro atoms. The number of hydrogen-bond donors (Lipinski definition) is 0. The van der Waals surface area contributed by atoms with Gasteiger partial charge in [-0.1, -0.05) is 35.1 Å². The predicted molar refractivity (Wildman–Crippen MR) is 79.6 cm³/mol. The van der Waals surface area contributed by atoms with Crippen LogP contribution in [0.1, 0.15) is 15.4 Å². The zero-order valence-corrected chi connectivity index (χ0v) is 12.2. The molecule has 0 aliphatic rings. The number of aromatic nitrogens is 2. The monoisotopic (exact) mass is 306 g/mol. The Labute approximate surface area is 124 Å². The SMILES string of the molecule is COCc1c(-c2ccc(Cl)cc2)nc2sc(C=O)cn12. The molecule has 3 aromatic rings. The van der Waals surface area contributed by atoms with Gasteiger partial charge in [-0.05, 0) is 12.1 Å². The summed E-state index contributed by atoms with van der Waals surface area (Å²) in [5, 5.41) is 0.686. The maximum atomic E-state index is 10.9. The Morgan fingerprint density at radius 1 is 1.40 bits per heavy atom. The Morgan fingerprint density at radius 2 is 2.15 bits per heavy atom. The van der Waals surface area contributed by atoms with Crippen molar-refractivity contribution in [3.8, 4) is 11.3 Å². The van der Waals surface area contributed by atoms with Gasteiger partial charge in [0.15, 0.2) is 11.2 Å². The molecule has 1 aromatic carbocycles. The molecular weight excluding hydrogens is 296 g/mol. The van der Waals surface area contributed by atoms with Crippen molar-refractivity contribution < 1.29 is 9.53 Å². The molecule has 0 N–H and O–H groups in total. The Bertz CT molecular complexity index is 761. The van der Waals surface area contributed by atoms with E-state index in [4.69, 9.17) is 16.3 Å². The number of carbonyl (C=O) groups excluding carboxylic acids is 1. The average molecular weight is 307 g/mol. The van der Waals surface area contributed by atoms with Gasteiger partial charge in [0.2, 0.25) is 0 Å². The molecule has 102 valence electrons. The summed E-state index contributed by atoms with van der Waals surface area (Å²) >= 11 is 7.27. The second-order valence-electron chi connectivity index (χ2n) is 4.25. The number of ether oxygens (including phenoxy) is 1. The number of nitrogens with zero attached hydrogens (tertiary/aromatic N) is 2. The Hall–Kier alpha value is -1.69. The van der Waals surface area contributed by atoms with Gasteiger partial charge in [0.1, 0.15) is 0 Å². The first-order valence-electron chi connectivity index (χ1n) is 5.93. The van der Waals surface area contributed by atoms with Crippen molar-refractivity contribution in [3.63, 3.8) is 0 Å². The largest absolute Gasteiger partial charge is 0.378 e. The molecule has 0 unspecified atom stereocenters. The number of thiazole rings is 1. The molecule has 0 amide bonds. The van der Waals surface area contributed by atoms with Gasteiger partial charge in [-0.2, -0.15) is 0 Å². The second-order valence-corrected chi connectivity index (χ2v) is 5.73. The summed E-state index contributed by atoms with van der Waals surface area (Å²) in [5.74, 6) is 0. The van der Waals surface area contributed by atoms with Crippen LogP contribution in [-0.4, -0.2) is 22.8 Å². The molecule has 0 bridgehead atoms. The van der Waals surface area contributed by atoms with Crippen LogP contribution in [0.3, 0.4) is 0 Å². The van der Waals surface area contributed by atoms with Crippen LogP contribution in [0.25, 0.3) is 16.2 Å². The molecule has 20 heavy (non-hydrogen) atoms. The lowest BCUT2D eigenvalue weighted by molar-refractivity contribution is 0.112. The molecule has 6 heteroatoms. The van der Waals surface area contributed by atoms with Gasteiger partial charge < -0.3 is 4.74 Å². The Balaban J connectivity index is 2.18. The van der Waals surface area contributed by atoms with Crippen molar-refractivity contribution in [1.82, 2.24) is 9.38 Å². The number of fused-ring (bicyclic) bond motifs is 1. The van der Waals surface area contributed by atoms with Crippen molar-refractivity contribution in [1.29, 1.82) is 0 Å². The first-order valence-corrected chi connectivity index (χ1v) is 7.13. The van der Waals surface area contributed by atoms with Crippen LogP contribution in [-0.2, 0) is 11.3 Å². The van der Waals surface area contributed by atoms with Crippen molar-refractivity contribution in [2.45, 2.75) is 6.61 Å². The van der Waals surface area contributed by atoms with Crippen LogP contribution < -0.4 is 0 Å². The molecule has 0 aliphatic heterocycles. The van der Waals surface area contributed by atoms with Crippen LogP contribution in [0.4, 0.5) is 0 Å². The fourth-order valence-electron chi connectivity index (χ4n) is 2.08. The van der Waals surface area contributed by atoms with Crippen LogP contribution >= 0.6 is 22.9 Å². The third-order valence-electron chi connectivity index (χ3n) is 2.96. The molecule has 0 radical (unpaired) electrons. The number of aldehydes is 1. The average Bonchev–Trinajstić information content (AvgIpc) is 2.99. The normalized spacial score (nSPS) is 11.1. The summed E-state index contributed by atoms with van der Waals surface area (Å²) in [4.78, 5) is 16.9. The fraction of sp³-hybridized carbons (Fsp3) is 0.143. The molecule has 0 aliphatic carbocycles. The number of hydrogen-bond acceptors (Lipinski definition) is 4. The summed E-state index contributed by atoms with van der Waals surface area (Å²) in [7, 11) is 1.64. The third kappa shape index (κ3) is 2.24. The van der Waals surface area contributed by atoms with E-state index in [9.17, 15) is 4.79 Å². The van der Waals surface area contributed by atoms with Gasteiger partial charge in [0.05, 0.1) is 22.9 Å². The van der Waals surface area contributed by atoms with Gasteiger partial charge in [0.25, 0.3) is 0 Å². The van der Waals surface area contributed by atoms with E-state index in [1.165, 1.54) is 11.3 Å². The number of benzene rings is 1. The molecule has 0 fully saturated rings. The van der Waals surface area contributed by atoms with E-state index >= 15 is 0 Å². The van der Waals surface area contributed by atoms with Crippen LogP contribution in [0, 0.1) is 0 Å². The standard InChI is InChI=1S/C14H11ClN2O2S/c1-19-8-12-13(9-2-4-10(15)5-3-9)16-14-17(12)6-11(7-18)20-14/h2-7H,8H2,1H3. The highest BCUT2D eigenvalue weighted by Gasteiger charge is 2.16. The smallest absolute Gasteiger partial charge is 0.195 e. The Morgan fingerprint density at radius 3 is 2.80 bits per heavy atom. The summed E-state index contributed by atoms with van der Waals surface area (Å²) in [6.45, 7) is 0.425. The van der Waals surface area contributed by atoms with E-state index in [1.54, 1.807) is 13.3 Å². The highest BCUT2D eigenvalue weighted by molar-refractivity contribution is 7.18. The fourth-order valence-corrected chi connectivity index (χ4v) is 3.02. The molecule has 0 saturated heterocycles. The van der Waals surface area contributed by atoms with E-state index in [-0.39, 0.29) is 0 Å². The lowest BCUT2D eigenvalue weighted by Gasteiger charge is -2.03. The molecule has 0 saturated carbocycles. The lowest BCUT2D eigenvalue weighted by atomic mass is 10.1. The summed E-state index contributed by atoms with van der Waals surface area (Å²) in [6, 6.07) is 7.51. The molecule has 3 rings (SSSR count). The number of imidazole rings is 1. The zero-order valence-electron chi connectivity index (χ0n) is 10.7. The van der Waals surface area contributed by atoms with Gasteiger partial charge in [-0.3, -0.25) is 9.20 Å². The molecule has 4 nitrogen and oxygen atoms in total. The predicted octanol–water partition coefficient (Wildman–Crippen LogP) is 3.68. The number of halogens is 1. The van der Waals surface area contributed by atoms with Crippen molar-refractivity contribution in [2.75, 3.05) is 7.11 Å². The summed E-state index contributed by atoms with van der Waals surface area (Å²) in [6.07, 6.45) is 2.62. The minimum absolute atomic E-state index is 0.425. The van der Waals surface area contributed by atoms with E-state index < -0.39 is 0 Å². The highest BCUT2D eigenvalue weighted by atomic mass is 35.5. The van der Waals surface area contributed by atoms with Gasteiger partial charge in [-0.15, -0.1) is 0 Å². The van der Waals surface area contributed by atoms with Crippen LogP contribution in [0.2, 0.25) is 5.02 Å². The van der Waals surface area contributed by atoms with Crippen molar-refractivity contribution in [2.24, 2.45) is 0 Å². The first-order chi connectivity index (χ1) is 9.72. The minimum atomic E-state index is 0.425. The topological polar surface area (TPSA) is 43.6 Å². The van der Waals surface area contributed by atoms with Crippen LogP contribution in [0.15, 0.2) is 30.5 Å². The number of methoxy groups -OCH3 is 1. The number of rotatable bonds is 4. The van der Waals surface area contributed by atoms with E-state index in [0.717, 1.165) is 28.2 Å². The highest BCUT2D eigenvalue weighted by Crippen LogP contribution is 2.29. The van der Waals surface area contributed by atoms with E-state index in [2.05, 4.69) is 4.98 Å². The summed E-state index contributed by atoms with van der Waals surface area (Å²) < 4.78 is 7.16. The van der Waals surface area contributed by atoms with Crippen molar-refractivity contribution in [3.05, 3.63) is 46.1 Å². The third-order valence-corrected chi connectivity index (χ3v) is 4.12. The maximum Gasteiger partial charge on any atom is 0.195 e. The number of carbonyl (C=O) groups is 1.